The average molecular weight is 366 g/mol. The molecular formula is C18H22N8O. The summed E-state index contributed by atoms with van der Waals surface area (Å²) >= 11 is 0. The lowest BCUT2D eigenvalue weighted by atomic mass is 10.2. The molecule has 0 radical (unpaired) electrons. The van der Waals surface area contributed by atoms with Gasteiger partial charge in [0.05, 0.1) is 12.6 Å². The molecule has 1 atom stereocenters. The van der Waals surface area contributed by atoms with Crippen molar-refractivity contribution >= 4 is 11.6 Å². The second-order valence-corrected chi connectivity index (χ2v) is 6.80. The lowest BCUT2D eigenvalue weighted by molar-refractivity contribution is 0.484. The Bertz CT molecular complexity index is 965. The summed E-state index contributed by atoms with van der Waals surface area (Å²) in [7, 11) is 3.91. The standard InChI is InChI=1S/C18H22N8O/c1-23(2)16-10-17(21-12-20-16)25-8-3-4-14(25)11-26-18(27)6-5-15(22-26)24-9-7-19-13-24/h5-7,9-10,12-14H,3-4,8,11H2,1-2H3. The fourth-order valence-corrected chi connectivity index (χ4v) is 3.37. The molecule has 1 saturated heterocycles. The summed E-state index contributed by atoms with van der Waals surface area (Å²) in [5, 5.41) is 4.51. The smallest absolute Gasteiger partial charge is 0.266 e. The monoisotopic (exact) mass is 366 g/mol. The fraction of sp³-hybridized carbons (Fsp3) is 0.389. The van der Waals surface area contributed by atoms with Gasteiger partial charge in [-0.3, -0.25) is 9.36 Å². The predicted molar refractivity (Wildman–Crippen MR) is 102 cm³/mol. The summed E-state index contributed by atoms with van der Waals surface area (Å²) in [5.74, 6) is 2.42. The zero-order valence-electron chi connectivity index (χ0n) is 15.4. The van der Waals surface area contributed by atoms with Crippen molar-refractivity contribution in [1.29, 1.82) is 0 Å². The molecule has 0 spiro atoms. The van der Waals surface area contributed by atoms with Gasteiger partial charge in [-0.15, -0.1) is 0 Å². The van der Waals surface area contributed by atoms with Crippen LogP contribution in [0.4, 0.5) is 11.6 Å². The first-order valence-electron chi connectivity index (χ1n) is 8.94. The molecule has 140 valence electrons. The van der Waals surface area contributed by atoms with E-state index in [1.54, 1.807) is 35.6 Å². The van der Waals surface area contributed by atoms with Crippen molar-refractivity contribution in [3.05, 3.63) is 53.6 Å². The lowest BCUT2D eigenvalue weighted by Gasteiger charge is -2.26. The maximum atomic E-state index is 12.3. The first kappa shape index (κ1) is 17.2. The van der Waals surface area contributed by atoms with E-state index >= 15 is 0 Å². The third-order valence-electron chi connectivity index (χ3n) is 4.77. The van der Waals surface area contributed by atoms with E-state index in [1.165, 1.54) is 4.68 Å². The average Bonchev–Trinajstić information content (AvgIpc) is 3.35. The summed E-state index contributed by atoms with van der Waals surface area (Å²) in [5.41, 5.74) is -0.109. The zero-order chi connectivity index (χ0) is 18.8. The molecule has 27 heavy (non-hydrogen) atoms. The van der Waals surface area contributed by atoms with Crippen LogP contribution in [0.2, 0.25) is 0 Å². The molecule has 1 aliphatic heterocycles. The Morgan fingerprint density at radius 2 is 2.11 bits per heavy atom. The van der Waals surface area contributed by atoms with Crippen molar-refractivity contribution in [1.82, 2.24) is 29.3 Å². The highest BCUT2D eigenvalue weighted by Gasteiger charge is 2.27. The minimum absolute atomic E-state index is 0.109. The van der Waals surface area contributed by atoms with Gasteiger partial charge < -0.3 is 9.80 Å². The van der Waals surface area contributed by atoms with E-state index in [0.29, 0.717) is 12.4 Å². The van der Waals surface area contributed by atoms with Crippen LogP contribution in [-0.4, -0.2) is 56.0 Å². The quantitative estimate of drug-likeness (QED) is 0.665. The molecule has 4 heterocycles. The van der Waals surface area contributed by atoms with Crippen molar-refractivity contribution < 1.29 is 0 Å². The largest absolute Gasteiger partial charge is 0.363 e. The van der Waals surface area contributed by atoms with Crippen LogP contribution in [0.1, 0.15) is 12.8 Å². The van der Waals surface area contributed by atoms with Crippen LogP contribution in [-0.2, 0) is 6.54 Å². The highest BCUT2D eigenvalue weighted by molar-refractivity contribution is 5.50. The van der Waals surface area contributed by atoms with E-state index in [1.807, 2.05) is 31.3 Å². The van der Waals surface area contributed by atoms with Gasteiger partial charge in [0.25, 0.3) is 5.56 Å². The second-order valence-electron chi connectivity index (χ2n) is 6.80. The molecule has 0 aromatic carbocycles. The molecule has 9 nitrogen and oxygen atoms in total. The molecule has 1 aliphatic rings. The highest BCUT2D eigenvalue weighted by Crippen LogP contribution is 2.26. The summed E-state index contributed by atoms with van der Waals surface area (Å²) in [6, 6.07) is 5.41. The van der Waals surface area contributed by atoms with Gasteiger partial charge in [-0.05, 0) is 18.9 Å². The van der Waals surface area contributed by atoms with E-state index in [-0.39, 0.29) is 11.6 Å². The topological polar surface area (TPSA) is 85.0 Å². The summed E-state index contributed by atoms with van der Waals surface area (Å²) in [6.45, 7) is 1.42. The van der Waals surface area contributed by atoms with Crippen LogP contribution in [0.3, 0.4) is 0 Å². The first-order valence-corrected chi connectivity index (χ1v) is 8.94. The van der Waals surface area contributed by atoms with Gasteiger partial charge in [-0.2, -0.15) is 5.10 Å². The molecule has 0 amide bonds. The van der Waals surface area contributed by atoms with E-state index in [2.05, 4.69) is 25.0 Å². The van der Waals surface area contributed by atoms with Crippen LogP contribution in [0.15, 0.2) is 48.0 Å². The minimum Gasteiger partial charge on any atom is -0.363 e. The Morgan fingerprint density at radius 3 is 2.89 bits per heavy atom. The Kier molecular flexibility index (Phi) is 4.57. The van der Waals surface area contributed by atoms with Gasteiger partial charge in [0, 0.05) is 45.2 Å². The second kappa shape index (κ2) is 7.18. The Labute approximate surface area is 156 Å². The van der Waals surface area contributed by atoms with Gasteiger partial charge >= 0.3 is 0 Å². The van der Waals surface area contributed by atoms with E-state index in [0.717, 1.165) is 31.0 Å². The van der Waals surface area contributed by atoms with Crippen LogP contribution >= 0.6 is 0 Å². The number of imidazole rings is 1. The van der Waals surface area contributed by atoms with Crippen LogP contribution in [0, 0.1) is 0 Å². The first-order chi connectivity index (χ1) is 13.1. The molecule has 0 N–H and O–H groups in total. The number of rotatable bonds is 5. The maximum absolute atomic E-state index is 12.3. The number of nitrogens with zero attached hydrogens (tertiary/aromatic N) is 8. The van der Waals surface area contributed by atoms with Crippen LogP contribution in [0.5, 0.6) is 0 Å². The number of hydrogen-bond donors (Lipinski definition) is 0. The van der Waals surface area contributed by atoms with Gasteiger partial charge in [0.2, 0.25) is 0 Å². The van der Waals surface area contributed by atoms with Crippen molar-refractivity contribution in [3.8, 4) is 5.82 Å². The molecular weight excluding hydrogens is 344 g/mol. The molecule has 0 aliphatic carbocycles. The van der Waals surface area contributed by atoms with Crippen molar-refractivity contribution in [2.24, 2.45) is 0 Å². The molecule has 1 fully saturated rings. The lowest BCUT2D eigenvalue weighted by Crippen LogP contribution is -2.37. The molecule has 9 heteroatoms. The van der Waals surface area contributed by atoms with Crippen molar-refractivity contribution in [2.45, 2.75) is 25.4 Å². The molecule has 4 rings (SSSR count). The Morgan fingerprint density at radius 1 is 1.22 bits per heavy atom. The Hall–Kier alpha value is -3.23. The predicted octanol–water partition coefficient (Wildman–Crippen LogP) is 0.954. The van der Waals surface area contributed by atoms with Crippen molar-refractivity contribution in [2.75, 3.05) is 30.4 Å². The van der Waals surface area contributed by atoms with Crippen LogP contribution in [0.25, 0.3) is 5.82 Å². The van der Waals surface area contributed by atoms with Gasteiger partial charge in [0.1, 0.15) is 24.3 Å². The van der Waals surface area contributed by atoms with Crippen LogP contribution < -0.4 is 15.4 Å². The summed E-state index contributed by atoms with van der Waals surface area (Å²) in [4.78, 5) is 29.3. The third kappa shape index (κ3) is 3.53. The van der Waals surface area contributed by atoms with E-state index in [4.69, 9.17) is 0 Å². The van der Waals surface area contributed by atoms with Crippen molar-refractivity contribution in [3.63, 3.8) is 0 Å². The third-order valence-corrected chi connectivity index (χ3v) is 4.77. The normalized spacial score (nSPS) is 16.7. The van der Waals surface area contributed by atoms with E-state index in [9.17, 15) is 4.79 Å². The van der Waals surface area contributed by atoms with Gasteiger partial charge in [-0.25, -0.2) is 19.6 Å². The Balaban J connectivity index is 1.60. The SMILES string of the molecule is CN(C)c1cc(N2CCCC2Cn2nc(-n3ccnc3)ccc2=O)ncn1. The highest BCUT2D eigenvalue weighted by atomic mass is 16.1. The van der Waals surface area contributed by atoms with Gasteiger partial charge in [0.15, 0.2) is 5.82 Å². The summed E-state index contributed by atoms with van der Waals surface area (Å²) in [6.07, 6.45) is 8.80. The number of aromatic nitrogens is 6. The molecule has 0 saturated carbocycles. The molecule has 3 aromatic heterocycles. The van der Waals surface area contributed by atoms with Gasteiger partial charge in [-0.1, -0.05) is 0 Å². The minimum atomic E-state index is -0.109. The number of anilines is 2. The maximum Gasteiger partial charge on any atom is 0.266 e. The molecule has 0 bridgehead atoms. The zero-order valence-corrected chi connectivity index (χ0v) is 15.4. The van der Waals surface area contributed by atoms with E-state index < -0.39 is 0 Å². The molecule has 1 unspecified atom stereocenters. The summed E-state index contributed by atoms with van der Waals surface area (Å²) < 4.78 is 3.32. The fourth-order valence-electron chi connectivity index (χ4n) is 3.37. The molecule has 3 aromatic rings. The number of hydrogen-bond acceptors (Lipinski definition) is 7.